The van der Waals surface area contributed by atoms with Crippen molar-refractivity contribution in [3.63, 3.8) is 0 Å². The second kappa shape index (κ2) is 9.13. The molecule has 3 amide bonds. The first-order valence-corrected chi connectivity index (χ1v) is 12.9. The molecule has 7 nitrogen and oxygen atoms in total. The molecule has 0 unspecified atom stereocenters. The third-order valence-corrected chi connectivity index (χ3v) is 7.76. The third kappa shape index (κ3) is 3.97. The van der Waals surface area contributed by atoms with Crippen LogP contribution in [-0.4, -0.2) is 71.4 Å². The molecular formula is C29H33N5O2. The predicted octanol–water partition coefficient (Wildman–Crippen LogP) is 4.32. The number of H-pyrrole nitrogens is 1. The van der Waals surface area contributed by atoms with Crippen LogP contribution in [0.4, 0.5) is 10.5 Å². The quantitative estimate of drug-likeness (QED) is 0.581. The number of urea groups is 1. The fourth-order valence-corrected chi connectivity index (χ4v) is 6.10. The lowest BCUT2D eigenvalue weighted by molar-refractivity contribution is -0.133. The number of carbonyl (C=O) groups is 2. The average Bonchev–Trinajstić information content (AvgIpc) is 3.56. The van der Waals surface area contributed by atoms with E-state index < -0.39 is 0 Å². The minimum Gasteiger partial charge on any atom is -0.361 e. The summed E-state index contributed by atoms with van der Waals surface area (Å²) < 4.78 is 0. The van der Waals surface area contributed by atoms with E-state index in [4.69, 9.17) is 0 Å². The molecule has 6 rings (SSSR count). The highest BCUT2D eigenvalue weighted by molar-refractivity contribution is 6.01. The normalized spacial score (nSPS) is 21.0. The molecule has 3 aromatic rings. The molecule has 1 saturated heterocycles. The SMILES string of the molecule is CN(C)Cc1ccccc1NC(=O)N1C[C@H](C(=O)N2CCCC2)C=C2c3cccc4[nH]cc(c34)C[C@H]21. The van der Waals surface area contributed by atoms with E-state index in [1.807, 2.05) is 48.2 Å². The van der Waals surface area contributed by atoms with Gasteiger partial charge in [0.2, 0.25) is 5.91 Å². The molecule has 36 heavy (non-hydrogen) atoms. The molecule has 0 radical (unpaired) electrons. The summed E-state index contributed by atoms with van der Waals surface area (Å²) in [4.78, 5) is 36.8. The molecule has 1 aliphatic carbocycles. The number of carbonyl (C=O) groups excluding carboxylic acids is 2. The number of benzene rings is 2. The van der Waals surface area contributed by atoms with E-state index in [0.29, 0.717) is 6.54 Å². The number of rotatable bonds is 4. The fraction of sp³-hybridized carbons (Fsp3) is 0.379. The zero-order valence-electron chi connectivity index (χ0n) is 21.0. The van der Waals surface area contributed by atoms with Crippen LogP contribution in [0.1, 0.15) is 29.5 Å². The molecule has 186 valence electrons. The Morgan fingerprint density at radius 2 is 1.89 bits per heavy atom. The summed E-state index contributed by atoms with van der Waals surface area (Å²) in [7, 11) is 4.04. The third-order valence-electron chi connectivity index (χ3n) is 7.76. The number of para-hydroxylation sites is 1. The molecule has 7 heteroatoms. The van der Waals surface area contributed by atoms with Gasteiger partial charge in [-0.05, 0) is 67.8 Å². The molecule has 2 aromatic carbocycles. The largest absolute Gasteiger partial charge is 0.361 e. The lowest BCUT2D eigenvalue weighted by atomic mass is 9.79. The number of nitrogens with zero attached hydrogens (tertiary/aromatic N) is 3. The van der Waals surface area contributed by atoms with Crippen molar-refractivity contribution in [3.8, 4) is 0 Å². The molecule has 3 heterocycles. The number of amides is 3. The van der Waals surface area contributed by atoms with Crippen molar-refractivity contribution in [2.75, 3.05) is 39.0 Å². The van der Waals surface area contributed by atoms with Gasteiger partial charge < -0.3 is 25.0 Å². The van der Waals surface area contributed by atoms with Gasteiger partial charge in [-0.25, -0.2) is 4.79 Å². The van der Waals surface area contributed by atoms with E-state index in [0.717, 1.165) is 66.8 Å². The van der Waals surface area contributed by atoms with Gasteiger partial charge in [-0.2, -0.15) is 0 Å². The fourth-order valence-electron chi connectivity index (χ4n) is 6.10. The molecule has 2 N–H and O–H groups in total. The van der Waals surface area contributed by atoms with E-state index >= 15 is 0 Å². The van der Waals surface area contributed by atoms with Crippen molar-refractivity contribution in [2.24, 2.45) is 5.92 Å². The number of likely N-dealkylation sites (tertiary alicyclic amines) is 1. The maximum atomic E-state index is 13.9. The summed E-state index contributed by atoms with van der Waals surface area (Å²) in [5, 5.41) is 4.40. The van der Waals surface area contributed by atoms with Crippen molar-refractivity contribution >= 4 is 34.1 Å². The Morgan fingerprint density at radius 3 is 2.69 bits per heavy atom. The first kappa shape index (κ1) is 22.9. The van der Waals surface area contributed by atoms with E-state index in [9.17, 15) is 9.59 Å². The number of aromatic nitrogens is 1. The lowest BCUT2D eigenvalue weighted by Crippen LogP contribution is -2.52. The number of hydrogen-bond donors (Lipinski definition) is 2. The first-order chi connectivity index (χ1) is 17.5. The van der Waals surface area contributed by atoms with Gasteiger partial charge in [0.15, 0.2) is 0 Å². The van der Waals surface area contributed by atoms with Crippen LogP contribution in [0.15, 0.2) is 54.7 Å². The van der Waals surface area contributed by atoms with Crippen LogP contribution in [0.2, 0.25) is 0 Å². The van der Waals surface area contributed by atoms with Crippen molar-refractivity contribution in [3.05, 3.63) is 71.4 Å². The minimum absolute atomic E-state index is 0.109. The highest BCUT2D eigenvalue weighted by Crippen LogP contribution is 2.42. The van der Waals surface area contributed by atoms with Gasteiger partial charge in [0.1, 0.15) is 0 Å². The van der Waals surface area contributed by atoms with E-state index in [2.05, 4.69) is 45.7 Å². The highest BCUT2D eigenvalue weighted by Gasteiger charge is 2.40. The van der Waals surface area contributed by atoms with Crippen LogP contribution in [0, 0.1) is 5.92 Å². The molecule has 0 spiro atoms. The van der Waals surface area contributed by atoms with Crippen molar-refractivity contribution in [2.45, 2.75) is 31.8 Å². The number of nitrogens with one attached hydrogen (secondary N) is 2. The molecule has 2 aliphatic heterocycles. The minimum atomic E-state index is -0.340. The van der Waals surface area contributed by atoms with Gasteiger partial charge in [-0.15, -0.1) is 0 Å². The van der Waals surface area contributed by atoms with Gasteiger partial charge >= 0.3 is 6.03 Å². The van der Waals surface area contributed by atoms with E-state index in [-0.39, 0.29) is 23.9 Å². The number of anilines is 1. The zero-order valence-corrected chi connectivity index (χ0v) is 21.0. The Hall–Kier alpha value is -3.58. The molecule has 1 fully saturated rings. The summed E-state index contributed by atoms with van der Waals surface area (Å²) in [5.74, 6) is -0.204. The monoisotopic (exact) mass is 483 g/mol. The van der Waals surface area contributed by atoms with Crippen molar-refractivity contribution in [1.82, 2.24) is 19.7 Å². The second-order valence-electron chi connectivity index (χ2n) is 10.5. The highest BCUT2D eigenvalue weighted by atomic mass is 16.2. The Balaban J connectivity index is 1.37. The van der Waals surface area contributed by atoms with Crippen LogP contribution in [0.5, 0.6) is 0 Å². The van der Waals surface area contributed by atoms with E-state index in [1.54, 1.807) is 0 Å². The smallest absolute Gasteiger partial charge is 0.322 e. The summed E-state index contributed by atoms with van der Waals surface area (Å²) in [6.45, 7) is 2.74. The van der Waals surface area contributed by atoms with Gasteiger partial charge in [0.05, 0.1) is 12.0 Å². The molecule has 3 aliphatic rings. The lowest BCUT2D eigenvalue weighted by Gasteiger charge is -2.42. The van der Waals surface area contributed by atoms with Crippen molar-refractivity contribution < 1.29 is 9.59 Å². The number of fused-ring (bicyclic) bond motifs is 2. The predicted molar refractivity (Wildman–Crippen MR) is 143 cm³/mol. The summed E-state index contributed by atoms with van der Waals surface area (Å²) >= 11 is 0. The molecular weight excluding hydrogens is 450 g/mol. The summed E-state index contributed by atoms with van der Waals surface area (Å²) in [5.41, 5.74) is 6.42. The van der Waals surface area contributed by atoms with Crippen LogP contribution < -0.4 is 5.32 Å². The molecule has 1 aromatic heterocycles. The molecule has 0 saturated carbocycles. The Labute approximate surface area is 211 Å². The topological polar surface area (TPSA) is 71.7 Å². The zero-order chi connectivity index (χ0) is 24.8. The number of aromatic amines is 1. The van der Waals surface area contributed by atoms with Crippen LogP contribution in [0.3, 0.4) is 0 Å². The second-order valence-corrected chi connectivity index (χ2v) is 10.5. The van der Waals surface area contributed by atoms with Crippen LogP contribution in [-0.2, 0) is 17.8 Å². The molecule has 0 bridgehead atoms. The molecule has 2 atom stereocenters. The van der Waals surface area contributed by atoms with Crippen LogP contribution >= 0.6 is 0 Å². The Bertz CT molecular complexity index is 1350. The van der Waals surface area contributed by atoms with Gasteiger partial charge in [0.25, 0.3) is 0 Å². The summed E-state index contributed by atoms with van der Waals surface area (Å²) in [6, 6.07) is 14.0. The Morgan fingerprint density at radius 1 is 1.08 bits per heavy atom. The Kier molecular flexibility index (Phi) is 5.80. The van der Waals surface area contributed by atoms with Gasteiger partial charge in [-0.3, -0.25) is 4.79 Å². The van der Waals surface area contributed by atoms with Gasteiger partial charge in [0, 0.05) is 49.0 Å². The standard InChI is InChI=1S/C29H33N5O2/c1-32(2)17-19-8-3-4-10-24(19)31-29(36)34-18-21(28(35)33-12-5-6-13-33)14-23-22-9-7-11-25-27(22)20(16-30-25)15-26(23)34/h3-4,7-11,14,16,21,26,30H,5-6,12-13,15,17-18H2,1-2H3,(H,31,36)/t21-,26-/m1/s1. The van der Waals surface area contributed by atoms with Crippen LogP contribution in [0.25, 0.3) is 16.5 Å². The number of hydrogen-bond acceptors (Lipinski definition) is 3. The van der Waals surface area contributed by atoms with Crippen molar-refractivity contribution in [1.29, 1.82) is 0 Å². The maximum absolute atomic E-state index is 13.9. The summed E-state index contributed by atoms with van der Waals surface area (Å²) in [6.07, 6.45) is 7.06. The van der Waals surface area contributed by atoms with Gasteiger partial charge in [-0.1, -0.05) is 36.4 Å². The van der Waals surface area contributed by atoms with E-state index in [1.165, 1.54) is 10.9 Å². The maximum Gasteiger partial charge on any atom is 0.322 e. The first-order valence-electron chi connectivity index (χ1n) is 12.9. The average molecular weight is 484 g/mol.